The van der Waals surface area contributed by atoms with Crippen LogP contribution in [0.1, 0.15) is 32.5 Å². The maximum Gasteiger partial charge on any atom is 0.141 e. The second-order valence-corrected chi connectivity index (χ2v) is 6.28. The van der Waals surface area contributed by atoms with Gasteiger partial charge in [0, 0.05) is 0 Å². The Morgan fingerprint density at radius 3 is 2.85 bits per heavy atom. The Morgan fingerprint density at radius 2 is 2.20 bits per heavy atom. The van der Waals surface area contributed by atoms with E-state index in [0.717, 1.165) is 10.2 Å². The SMILES string of the molecule is CC1n2nc(-c3ccc(F)cn3)c(Br)c2COC1(C)C. The second-order valence-electron chi connectivity index (χ2n) is 5.48. The highest BCUT2D eigenvalue weighted by atomic mass is 79.9. The number of fused-ring (bicyclic) bond motifs is 1. The van der Waals surface area contributed by atoms with E-state index < -0.39 is 0 Å². The molecule has 0 amide bonds. The van der Waals surface area contributed by atoms with E-state index in [-0.39, 0.29) is 17.5 Å². The summed E-state index contributed by atoms with van der Waals surface area (Å²) >= 11 is 3.56. The molecule has 3 heterocycles. The zero-order valence-electron chi connectivity index (χ0n) is 11.5. The molecule has 2 aromatic heterocycles. The number of hydrogen-bond acceptors (Lipinski definition) is 3. The molecule has 20 heavy (non-hydrogen) atoms. The van der Waals surface area contributed by atoms with Gasteiger partial charge in [0.25, 0.3) is 0 Å². The molecule has 0 saturated carbocycles. The topological polar surface area (TPSA) is 39.9 Å². The number of halogens is 2. The van der Waals surface area contributed by atoms with Gasteiger partial charge < -0.3 is 4.74 Å². The third kappa shape index (κ3) is 2.07. The highest BCUT2D eigenvalue weighted by Gasteiger charge is 2.36. The standard InChI is InChI=1S/C14H15BrFN3O/c1-8-14(2,3)20-7-11-12(15)13(18-19(8)11)10-5-4-9(16)6-17-10/h4-6,8H,7H2,1-3H3. The Morgan fingerprint density at radius 1 is 1.45 bits per heavy atom. The summed E-state index contributed by atoms with van der Waals surface area (Å²) < 4.78 is 21.7. The summed E-state index contributed by atoms with van der Waals surface area (Å²) in [4.78, 5) is 4.09. The number of aromatic nitrogens is 3. The van der Waals surface area contributed by atoms with E-state index in [1.165, 1.54) is 12.3 Å². The summed E-state index contributed by atoms with van der Waals surface area (Å²) in [5.74, 6) is -0.355. The molecule has 0 spiro atoms. The number of rotatable bonds is 1. The lowest BCUT2D eigenvalue weighted by Gasteiger charge is -2.37. The minimum absolute atomic E-state index is 0.108. The molecule has 1 aliphatic rings. The van der Waals surface area contributed by atoms with Crippen LogP contribution in [0.15, 0.2) is 22.8 Å². The molecule has 0 radical (unpaired) electrons. The number of nitrogens with zero attached hydrogens (tertiary/aromatic N) is 3. The summed E-state index contributed by atoms with van der Waals surface area (Å²) in [5, 5.41) is 4.63. The Labute approximate surface area is 125 Å². The van der Waals surface area contributed by atoms with E-state index >= 15 is 0 Å². The molecule has 3 rings (SSSR count). The summed E-state index contributed by atoms with van der Waals surface area (Å²) in [6.07, 6.45) is 1.20. The Balaban J connectivity index is 2.10. The van der Waals surface area contributed by atoms with Gasteiger partial charge in [-0.05, 0) is 48.8 Å². The lowest BCUT2D eigenvalue weighted by Crippen LogP contribution is -2.40. The average molecular weight is 340 g/mol. The van der Waals surface area contributed by atoms with Crippen molar-refractivity contribution in [2.45, 2.75) is 39.0 Å². The molecule has 0 N–H and O–H groups in total. The van der Waals surface area contributed by atoms with Crippen LogP contribution in [0.4, 0.5) is 4.39 Å². The van der Waals surface area contributed by atoms with Crippen molar-refractivity contribution in [2.24, 2.45) is 0 Å². The molecule has 2 aromatic rings. The predicted molar refractivity (Wildman–Crippen MR) is 76.7 cm³/mol. The first-order valence-electron chi connectivity index (χ1n) is 6.43. The number of hydrogen-bond donors (Lipinski definition) is 0. The molecule has 1 atom stereocenters. The monoisotopic (exact) mass is 339 g/mol. The van der Waals surface area contributed by atoms with E-state index in [4.69, 9.17) is 4.74 Å². The van der Waals surface area contributed by atoms with E-state index in [1.54, 1.807) is 6.07 Å². The normalized spacial score (nSPS) is 20.8. The zero-order valence-corrected chi connectivity index (χ0v) is 13.1. The fourth-order valence-electron chi connectivity index (χ4n) is 2.25. The molecule has 106 valence electrons. The van der Waals surface area contributed by atoms with Crippen LogP contribution in [0.25, 0.3) is 11.4 Å². The lowest BCUT2D eigenvalue weighted by molar-refractivity contribution is -0.0888. The minimum Gasteiger partial charge on any atom is -0.367 e. The first-order chi connectivity index (χ1) is 9.40. The fraction of sp³-hybridized carbons (Fsp3) is 0.429. The third-order valence-electron chi connectivity index (χ3n) is 3.87. The smallest absolute Gasteiger partial charge is 0.141 e. The molecular formula is C14H15BrFN3O. The van der Waals surface area contributed by atoms with Crippen LogP contribution in [0, 0.1) is 5.82 Å². The summed E-state index contributed by atoms with van der Waals surface area (Å²) in [6.45, 7) is 6.66. The van der Waals surface area contributed by atoms with Crippen LogP contribution in [0.5, 0.6) is 0 Å². The molecule has 1 unspecified atom stereocenters. The van der Waals surface area contributed by atoms with Crippen molar-refractivity contribution in [1.82, 2.24) is 14.8 Å². The maximum atomic E-state index is 13.0. The van der Waals surface area contributed by atoms with E-state index in [1.807, 2.05) is 18.5 Å². The van der Waals surface area contributed by atoms with Crippen molar-refractivity contribution in [3.63, 3.8) is 0 Å². The molecule has 6 heteroatoms. The van der Waals surface area contributed by atoms with Crippen molar-refractivity contribution in [2.75, 3.05) is 0 Å². The molecule has 0 aromatic carbocycles. The average Bonchev–Trinajstić information content (AvgIpc) is 2.73. The number of ether oxygens (including phenoxy) is 1. The maximum absolute atomic E-state index is 13.0. The summed E-state index contributed by atoms with van der Waals surface area (Å²) in [7, 11) is 0. The Kier molecular flexibility index (Phi) is 3.17. The molecule has 0 fully saturated rings. The van der Waals surface area contributed by atoms with Gasteiger partial charge in [-0.2, -0.15) is 5.10 Å². The van der Waals surface area contributed by atoms with Crippen molar-refractivity contribution < 1.29 is 9.13 Å². The van der Waals surface area contributed by atoms with Gasteiger partial charge in [0.15, 0.2) is 0 Å². The van der Waals surface area contributed by atoms with E-state index in [0.29, 0.717) is 18.0 Å². The van der Waals surface area contributed by atoms with Gasteiger partial charge in [-0.1, -0.05) is 0 Å². The molecule has 0 bridgehead atoms. The van der Waals surface area contributed by atoms with Gasteiger partial charge in [-0.15, -0.1) is 0 Å². The van der Waals surface area contributed by atoms with Crippen LogP contribution in [0.3, 0.4) is 0 Å². The van der Waals surface area contributed by atoms with Crippen molar-refractivity contribution in [3.8, 4) is 11.4 Å². The number of pyridine rings is 1. The Bertz CT molecular complexity index is 651. The summed E-state index contributed by atoms with van der Waals surface area (Å²) in [5.41, 5.74) is 2.07. The van der Waals surface area contributed by atoms with Crippen LogP contribution >= 0.6 is 15.9 Å². The zero-order chi connectivity index (χ0) is 14.5. The van der Waals surface area contributed by atoms with Crippen molar-refractivity contribution >= 4 is 15.9 Å². The van der Waals surface area contributed by atoms with Gasteiger partial charge in [-0.3, -0.25) is 9.67 Å². The quantitative estimate of drug-likeness (QED) is 0.794. The van der Waals surface area contributed by atoms with Crippen molar-refractivity contribution in [3.05, 3.63) is 34.3 Å². The molecule has 1 aliphatic heterocycles. The summed E-state index contributed by atoms with van der Waals surface area (Å²) in [6, 6.07) is 3.12. The van der Waals surface area contributed by atoms with Gasteiger partial charge >= 0.3 is 0 Å². The van der Waals surface area contributed by atoms with Crippen LogP contribution in [0.2, 0.25) is 0 Å². The second kappa shape index (κ2) is 4.63. The first-order valence-corrected chi connectivity index (χ1v) is 7.22. The van der Waals surface area contributed by atoms with Crippen LogP contribution < -0.4 is 0 Å². The predicted octanol–water partition coefficient (Wildman–Crippen LogP) is 3.72. The van der Waals surface area contributed by atoms with Crippen LogP contribution in [-0.2, 0) is 11.3 Å². The molecule has 0 aliphatic carbocycles. The van der Waals surface area contributed by atoms with E-state index in [9.17, 15) is 4.39 Å². The Hall–Kier alpha value is -1.27. The lowest BCUT2D eigenvalue weighted by atomic mass is 9.99. The van der Waals surface area contributed by atoms with Gasteiger partial charge in [0.05, 0.1) is 40.3 Å². The van der Waals surface area contributed by atoms with E-state index in [2.05, 4.69) is 32.9 Å². The highest BCUT2D eigenvalue weighted by molar-refractivity contribution is 9.10. The first kappa shape index (κ1) is 13.7. The largest absolute Gasteiger partial charge is 0.367 e. The molecule has 0 saturated heterocycles. The van der Waals surface area contributed by atoms with Gasteiger partial charge in [0.1, 0.15) is 11.5 Å². The minimum atomic E-state index is -0.355. The fourth-order valence-corrected chi connectivity index (χ4v) is 2.83. The molecule has 4 nitrogen and oxygen atoms in total. The highest BCUT2D eigenvalue weighted by Crippen LogP contribution is 2.39. The van der Waals surface area contributed by atoms with Gasteiger partial charge in [-0.25, -0.2) is 4.39 Å². The molecular weight excluding hydrogens is 325 g/mol. The van der Waals surface area contributed by atoms with Crippen molar-refractivity contribution in [1.29, 1.82) is 0 Å². The third-order valence-corrected chi connectivity index (χ3v) is 4.70. The van der Waals surface area contributed by atoms with Crippen LogP contribution in [-0.4, -0.2) is 20.4 Å². The van der Waals surface area contributed by atoms with Gasteiger partial charge in [0.2, 0.25) is 0 Å².